The predicted octanol–water partition coefficient (Wildman–Crippen LogP) is -8.45. The van der Waals surface area contributed by atoms with Crippen LogP contribution in [0.3, 0.4) is 0 Å². The molecule has 0 aromatic heterocycles. The molecule has 172 valence electrons. The smallest absolute Gasteiger partial charge is 0.111 e. The molecule has 0 radical (unpaired) electrons. The second-order valence-electron chi connectivity index (χ2n) is 5.94. The second-order valence-corrected chi connectivity index (χ2v) is 5.94. The molecule has 14 heteroatoms. The van der Waals surface area contributed by atoms with Crippen LogP contribution in [0.1, 0.15) is 0 Å². The Kier molecular flexibility index (Phi) is 16.2. The van der Waals surface area contributed by atoms with Crippen LogP contribution < -0.4 is 0 Å². The Morgan fingerprint density at radius 3 is 0.536 bits per heavy atom. The van der Waals surface area contributed by atoms with Crippen molar-refractivity contribution in [2.75, 3.05) is 26.4 Å². The first kappa shape index (κ1) is 29.6. The Balaban J connectivity index is 0. The average Bonchev–Trinajstić information content (AvgIpc) is 2.73. The lowest BCUT2D eigenvalue weighted by Crippen LogP contribution is -2.50. The van der Waals surface area contributed by atoms with Gasteiger partial charge in [-0.1, -0.05) is 0 Å². The molecular formula is C14H32O14. The lowest BCUT2D eigenvalue weighted by atomic mass is 10.00. The fourth-order valence-electron chi connectivity index (χ4n) is 1.75. The van der Waals surface area contributed by atoms with E-state index in [1.807, 2.05) is 0 Å². The summed E-state index contributed by atoms with van der Waals surface area (Å²) in [4.78, 5) is 0. The van der Waals surface area contributed by atoms with Gasteiger partial charge in [0.15, 0.2) is 0 Å². The lowest BCUT2D eigenvalue weighted by Gasteiger charge is -2.27. The van der Waals surface area contributed by atoms with Crippen LogP contribution in [0, 0.1) is 0 Å². The van der Waals surface area contributed by atoms with Crippen molar-refractivity contribution in [2.24, 2.45) is 0 Å². The standard InChI is InChI=1S/2C7H16O7/c2*8-1-3(10)5(12)7(14)6(13)4(11)2-9/h2*3-14H,1-2H2/t3-,4+,5-,6-,7-;3-,4-,5-,6-/m11/s1. The molecular weight excluding hydrogens is 392 g/mol. The molecule has 0 aromatic carbocycles. The van der Waals surface area contributed by atoms with Gasteiger partial charge >= 0.3 is 0 Å². The Labute approximate surface area is 160 Å². The first-order valence-corrected chi connectivity index (χ1v) is 8.15. The summed E-state index contributed by atoms with van der Waals surface area (Å²) in [5.74, 6) is 0. The SMILES string of the molecule is OC[C@@H](O)[C@@H](O)C(O)[C@H](O)[C@H](O)CO.OC[C@@H](O)[C@@H](O)[C@@H](O)[C@H](O)[C@@H](O)CO. The quantitative estimate of drug-likeness (QED) is 0.138. The molecule has 0 aliphatic rings. The van der Waals surface area contributed by atoms with Crippen molar-refractivity contribution in [3.63, 3.8) is 0 Å². The van der Waals surface area contributed by atoms with Crippen LogP contribution in [0.25, 0.3) is 0 Å². The van der Waals surface area contributed by atoms with E-state index in [-0.39, 0.29) is 0 Å². The van der Waals surface area contributed by atoms with E-state index in [0.717, 1.165) is 0 Å². The van der Waals surface area contributed by atoms with E-state index >= 15 is 0 Å². The first-order valence-electron chi connectivity index (χ1n) is 8.15. The Morgan fingerprint density at radius 1 is 0.286 bits per heavy atom. The molecule has 0 saturated carbocycles. The molecule has 0 amide bonds. The highest BCUT2D eigenvalue weighted by atomic mass is 16.4. The van der Waals surface area contributed by atoms with E-state index < -0.39 is 87.5 Å². The number of hydrogen-bond acceptors (Lipinski definition) is 14. The molecule has 0 fully saturated rings. The molecule has 14 nitrogen and oxygen atoms in total. The van der Waals surface area contributed by atoms with Gasteiger partial charge in [-0.2, -0.15) is 0 Å². The maximum absolute atomic E-state index is 9.15. The predicted molar refractivity (Wildman–Crippen MR) is 88.4 cm³/mol. The minimum atomic E-state index is -1.85. The summed E-state index contributed by atoms with van der Waals surface area (Å²) >= 11 is 0. The van der Waals surface area contributed by atoms with Gasteiger partial charge in [-0.25, -0.2) is 0 Å². The van der Waals surface area contributed by atoms with Gasteiger partial charge in [0, 0.05) is 0 Å². The van der Waals surface area contributed by atoms with Gasteiger partial charge in [-0.15, -0.1) is 0 Å². The van der Waals surface area contributed by atoms with Crippen LogP contribution in [0.15, 0.2) is 0 Å². The van der Waals surface area contributed by atoms with E-state index in [1.165, 1.54) is 0 Å². The monoisotopic (exact) mass is 424 g/mol. The molecule has 28 heavy (non-hydrogen) atoms. The molecule has 0 saturated heterocycles. The van der Waals surface area contributed by atoms with Crippen molar-refractivity contribution >= 4 is 0 Å². The molecule has 0 rings (SSSR count). The van der Waals surface area contributed by atoms with Crippen LogP contribution in [-0.4, -0.2) is 159 Å². The summed E-state index contributed by atoms with van der Waals surface area (Å²) < 4.78 is 0. The second kappa shape index (κ2) is 15.3. The number of aliphatic hydroxyl groups excluding tert-OH is 14. The van der Waals surface area contributed by atoms with Crippen molar-refractivity contribution in [3.8, 4) is 0 Å². The van der Waals surface area contributed by atoms with Crippen molar-refractivity contribution in [1.29, 1.82) is 0 Å². The van der Waals surface area contributed by atoms with Crippen molar-refractivity contribution < 1.29 is 71.5 Å². The summed E-state index contributed by atoms with van der Waals surface area (Å²) in [6, 6.07) is 0. The summed E-state index contributed by atoms with van der Waals surface area (Å²) in [6.45, 7) is -3.17. The molecule has 0 aromatic rings. The number of rotatable bonds is 12. The third kappa shape index (κ3) is 9.77. The highest BCUT2D eigenvalue weighted by Crippen LogP contribution is 2.09. The minimum absolute atomic E-state index is 0.792. The van der Waals surface area contributed by atoms with Crippen LogP contribution in [0.5, 0.6) is 0 Å². The summed E-state index contributed by atoms with van der Waals surface area (Å²) in [7, 11) is 0. The maximum atomic E-state index is 9.15. The average molecular weight is 424 g/mol. The van der Waals surface area contributed by atoms with Crippen LogP contribution in [0.4, 0.5) is 0 Å². The van der Waals surface area contributed by atoms with E-state index in [0.29, 0.717) is 0 Å². The Bertz CT molecular complexity index is 308. The molecule has 0 heterocycles. The largest absolute Gasteiger partial charge is 0.394 e. The molecule has 14 N–H and O–H groups in total. The zero-order valence-electron chi connectivity index (χ0n) is 14.9. The summed E-state index contributed by atoms with van der Waals surface area (Å²) in [6.07, 6.45) is -17.4. The van der Waals surface area contributed by atoms with Crippen LogP contribution in [-0.2, 0) is 0 Å². The lowest BCUT2D eigenvalue weighted by molar-refractivity contribution is -0.145. The molecule has 0 unspecified atom stereocenters. The van der Waals surface area contributed by atoms with Gasteiger partial charge in [-0.3, -0.25) is 0 Å². The Morgan fingerprint density at radius 2 is 0.429 bits per heavy atom. The van der Waals surface area contributed by atoms with Gasteiger partial charge in [0.05, 0.1) is 26.4 Å². The fourth-order valence-corrected chi connectivity index (χ4v) is 1.75. The van der Waals surface area contributed by atoms with Gasteiger partial charge in [0.1, 0.15) is 61.0 Å². The molecule has 0 spiro atoms. The van der Waals surface area contributed by atoms with Gasteiger partial charge in [0.25, 0.3) is 0 Å². The van der Waals surface area contributed by atoms with Gasteiger partial charge in [-0.05, 0) is 0 Å². The van der Waals surface area contributed by atoms with Crippen LogP contribution in [0.2, 0.25) is 0 Å². The molecule has 0 aliphatic carbocycles. The molecule has 9 atom stereocenters. The number of aliphatic hydroxyl groups is 14. The highest BCUT2D eigenvalue weighted by molar-refractivity contribution is 4.85. The topological polar surface area (TPSA) is 283 Å². The molecule has 0 bridgehead atoms. The number of hydrogen-bond donors (Lipinski definition) is 14. The third-order valence-corrected chi connectivity index (χ3v) is 3.72. The minimum Gasteiger partial charge on any atom is -0.394 e. The van der Waals surface area contributed by atoms with E-state index in [1.54, 1.807) is 0 Å². The first-order chi connectivity index (χ1) is 12.9. The van der Waals surface area contributed by atoms with Crippen molar-refractivity contribution in [3.05, 3.63) is 0 Å². The maximum Gasteiger partial charge on any atom is 0.111 e. The van der Waals surface area contributed by atoms with E-state index in [4.69, 9.17) is 71.5 Å². The van der Waals surface area contributed by atoms with Crippen LogP contribution >= 0.6 is 0 Å². The third-order valence-electron chi connectivity index (χ3n) is 3.72. The molecule has 0 aliphatic heterocycles. The van der Waals surface area contributed by atoms with Gasteiger partial charge in [0.2, 0.25) is 0 Å². The fraction of sp³-hybridized carbons (Fsp3) is 1.00. The zero-order valence-corrected chi connectivity index (χ0v) is 14.9. The summed E-state index contributed by atoms with van der Waals surface area (Å²) in [5, 5.41) is 124. The zero-order chi connectivity index (χ0) is 22.6. The normalized spacial score (nSPS) is 21.5. The Hall–Kier alpha value is -0.560. The van der Waals surface area contributed by atoms with Gasteiger partial charge < -0.3 is 71.5 Å². The van der Waals surface area contributed by atoms with E-state index in [2.05, 4.69) is 0 Å². The highest BCUT2D eigenvalue weighted by Gasteiger charge is 2.34. The van der Waals surface area contributed by atoms with Crippen molar-refractivity contribution in [2.45, 2.75) is 61.0 Å². The summed E-state index contributed by atoms with van der Waals surface area (Å²) in [5.41, 5.74) is 0. The van der Waals surface area contributed by atoms with E-state index in [9.17, 15) is 0 Å². The van der Waals surface area contributed by atoms with Crippen molar-refractivity contribution in [1.82, 2.24) is 0 Å².